The Bertz CT molecular complexity index is 409. The second-order valence-electron chi connectivity index (χ2n) is 3.13. The fourth-order valence-corrected chi connectivity index (χ4v) is 1.87. The van der Waals surface area contributed by atoms with Crippen molar-refractivity contribution in [1.29, 1.82) is 0 Å². The van der Waals surface area contributed by atoms with E-state index in [4.69, 9.17) is 16.7 Å². The predicted octanol–water partition coefficient (Wildman–Crippen LogP) is 3.00. The first kappa shape index (κ1) is 13.2. The lowest BCUT2D eigenvalue weighted by atomic mass is 10.1. The van der Waals surface area contributed by atoms with Gasteiger partial charge in [0, 0.05) is 16.0 Å². The summed E-state index contributed by atoms with van der Waals surface area (Å²) in [6, 6.07) is 4.28. The van der Waals surface area contributed by atoms with E-state index in [0.717, 1.165) is 4.47 Å². The highest BCUT2D eigenvalue weighted by Crippen LogP contribution is 2.26. The third kappa shape index (κ3) is 3.33. The molecule has 0 saturated heterocycles. The van der Waals surface area contributed by atoms with E-state index in [1.807, 2.05) is 0 Å². The maximum Gasteiger partial charge on any atom is 0.325 e. The van der Waals surface area contributed by atoms with Crippen LogP contribution in [0.5, 0.6) is 0 Å². The number of benzene rings is 1. The molecule has 1 aromatic rings. The molecule has 1 rings (SSSR count). The molecular formula is C11H11BrClNO2. The molecule has 3 nitrogen and oxygen atoms in total. The van der Waals surface area contributed by atoms with Crippen molar-refractivity contribution >= 4 is 33.5 Å². The van der Waals surface area contributed by atoms with E-state index in [1.54, 1.807) is 24.3 Å². The van der Waals surface area contributed by atoms with E-state index < -0.39 is 12.0 Å². The zero-order chi connectivity index (χ0) is 12.1. The Hall–Kier alpha value is -0.840. The topological polar surface area (TPSA) is 49.3 Å². The fraction of sp³-hybridized carbons (Fsp3) is 0.182. The number of carboxylic acids is 1. The maximum atomic E-state index is 11.1. The van der Waals surface area contributed by atoms with Crippen LogP contribution in [-0.4, -0.2) is 17.6 Å². The van der Waals surface area contributed by atoms with Gasteiger partial charge in [0.1, 0.15) is 6.04 Å². The van der Waals surface area contributed by atoms with Crippen molar-refractivity contribution < 1.29 is 9.90 Å². The van der Waals surface area contributed by atoms with Gasteiger partial charge in [0.25, 0.3) is 0 Å². The molecule has 0 fully saturated rings. The van der Waals surface area contributed by atoms with Crippen LogP contribution in [0.3, 0.4) is 0 Å². The molecule has 2 N–H and O–H groups in total. The second-order valence-corrected chi connectivity index (χ2v) is 4.46. The smallest absolute Gasteiger partial charge is 0.325 e. The van der Waals surface area contributed by atoms with Crippen LogP contribution in [0.15, 0.2) is 35.3 Å². The Kier molecular flexibility index (Phi) is 4.99. The summed E-state index contributed by atoms with van der Waals surface area (Å²) in [4.78, 5) is 11.1. The Morgan fingerprint density at radius 1 is 1.69 bits per heavy atom. The van der Waals surface area contributed by atoms with Crippen LogP contribution in [0.4, 0.5) is 0 Å². The van der Waals surface area contributed by atoms with Crippen LogP contribution in [0, 0.1) is 0 Å². The van der Waals surface area contributed by atoms with Crippen LogP contribution >= 0.6 is 27.5 Å². The quantitative estimate of drug-likeness (QED) is 0.822. The number of hydrogen-bond acceptors (Lipinski definition) is 2. The minimum atomic E-state index is -0.971. The van der Waals surface area contributed by atoms with E-state index in [-0.39, 0.29) is 0 Å². The molecular weight excluding hydrogens is 293 g/mol. The van der Waals surface area contributed by atoms with Crippen molar-refractivity contribution in [3.8, 4) is 0 Å². The molecule has 0 aliphatic carbocycles. The van der Waals surface area contributed by atoms with E-state index >= 15 is 0 Å². The summed E-state index contributed by atoms with van der Waals surface area (Å²) in [6.45, 7) is 3.93. The Morgan fingerprint density at radius 3 is 2.94 bits per heavy atom. The third-order valence-electron chi connectivity index (χ3n) is 1.98. The van der Waals surface area contributed by atoms with Crippen molar-refractivity contribution in [2.24, 2.45) is 0 Å². The molecule has 0 radical (unpaired) electrons. The van der Waals surface area contributed by atoms with Crippen LogP contribution in [0.25, 0.3) is 0 Å². The Morgan fingerprint density at radius 2 is 2.38 bits per heavy atom. The highest BCUT2D eigenvalue weighted by molar-refractivity contribution is 9.10. The molecule has 1 atom stereocenters. The summed E-state index contributed by atoms with van der Waals surface area (Å²) in [5, 5.41) is 12.4. The van der Waals surface area contributed by atoms with Crippen molar-refractivity contribution in [3.05, 3.63) is 45.9 Å². The van der Waals surface area contributed by atoms with Gasteiger partial charge in [0.2, 0.25) is 0 Å². The lowest BCUT2D eigenvalue weighted by molar-refractivity contribution is -0.139. The van der Waals surface area contributed by atoms with Gasteiger partial charge < -0.3 is 5.11 Å². The summed E-state index contributed by atoms with van der Waals surface area (Å²) >= 11 is 9.25. The number of carboxylic acid groups (broad SMARTS) is 1. The van der Waals surface area contributed by atoms with Gasteiger partial charge in [-0.15, -0.1) is 6.58 Å². The van der Waals surface area contributed by atoms with E-state index in [1.165, 1.54) is 0 Å². The summed E-state index contributed by atoms with van der Waals surface area (Å²) in [5.41, 5.74) is 0.533. The van der Waals surface area contributed by atoms with Crippen molar-refractivity contribution in [2.75, 3.05) is 6.54 Å². The minimum absolute atomic E-state index is 0.403. The number of halogens is 2. The number of hydrogen-bond donors (Lipinski definition) is 2. The zero-order valence-electron chi connectivity index (χ0n) is 8.41. The Labute approximate surface area is 107 Å². The molecule has 1 unspecified atom stereocenters. The Balaban J connectivity index is 3.04. The first-order valence-corrected chi connectivity index (χ1v) is 5.75. The average Bonchev–Trinajstić information content (AvgIpc) is 2.23. The molecule has 16 heavy (non-hydrogen) atoms. The van der Waals surface area contributed by atoms with Crippen molar-refractivity contribution in [2.45, 2.75) is 6.04 Å². The van der Waals surface area contributed by atoms with E-state index in [2.05, 4.69) is 27.8 Å². The molecule has 0 aliphatic heterocycles. The molecule has 0 saturated carbocycles. The third-order valence-corrected chi connectivity index (χ3v) is 2.82. The molecule has 0 heterocycles. The van der Waals surface area contributed by atoms with Crippen molar-refractivity contribution in [3.63, 3.8) is 0 Å². The molecule has 0 spiro atoms. The number of nitrogens with one attached hydrogen (secondary N) is 1. The lowest BCUT2D eigenvalue weighted by Gasteiger charge is -2.15. The van der Waals surface area contributed by atoms with Gasteiger partial charge in [-0.05, 0) is 23.8 Å². The molecule has 0 aliphatic rings. The average molecular weight is 305 g/mol. The van der Waals surface area contributed by atoms with Gasteiger partial charge in [-0.2, -0.15) is 0 Å². The molecule has 0 aromatic heterocycles. The first-order valence-electron chi connectivity index (χ1n) is 4.58. The number of carbonyl (C=O) groups is 1. The van der Waals surface area contributed by atoms with E-state index in [0.29, 0.717) is 17.1 Å². The summed E-state index contributed by atoms with van der Waals surface area (Å²) < 4.78 is 0.790. The lowest BCUT2D eigenvalue weighted by Crippen LogP contribution is -2.28. The highest BCUT2D eigenvalue weighted by atomic mass is 79.9. The molecule has 1 aromatic carbocycles. The number of aliphatic carboxylic acids is 1. The normalized spacial score (nSPS) is 12.1. The SMILES string of the molecule is C=CCNC(C(=O)O)c1cc(Br)ccc1Cl. The van der Waals surface area contributed by atoms with Gasteiger partial charge in [-0.3, -0.25) is 10.1 Å². The first-order chi connectivity index (χ1) is 7.56. The second kappa shape index (κ2) is 6.03. The van der Waals surface area contributed by atoms with Crippen LogP contribution in [0.1, 0.15) is 11.6 Å². The van der Waals surface area contributed by atoms with Gasteiger partial charge in [0.05, 0.1) is 0 Å². The summed E-state index contributed by atoms with van der Waals surface area (Å²) in [7, 11) is 0. The summed E-state index contributed by atoms with van der Waals surface area (Å²) in [6.07, 6.45) is 1.60. The zero-order valence-corrected chi connectivity index (χ0v) is 10.8. The maximum absolute atomic E-state index is 11.1. The van der Waals surface area contributed by atoms with Gasteiger partial charge >= 0.3 is 5.97 Å². The monoisotopic (exact) mass is 303 g/mol. The van der Waals surface area contributed by atoms with E-state index in [9.17, 15) is 4.79 Å². The molecule has 0 amide bonds. The molecule has 86 valence electrons. The minimum Gasteiger partial charge on any atom is -0.480 e. The fourth-order valence-electron chi connectivity index (χ4n) is 1.27. The van der Waals surface area contributed by atoms with Crippen molar-refractivity contribution in [1.82, 2.24) is 5.32 Å². The predicted molar refractivity (Wildman–Crippen MR) is 67.7 cm³/mol. The highest BCUT2D eigenvalue weighted by Gasteiger charge is 2.21. The van der Waals surface area contributed by atoms with Crippen LogP contribution in [-0.2, 0) is 4.79 Å². The van der Waals surface area contributed by atoms with Crippen LogP contribution < -0.4 is 5.32 Å². The summed E-state index contributed by atoms with van der Waals surface area (Å²) in [5.74, 6) is -0.971. The van der Waals surface area contributed by atoms with Gasteiger partial charge in [-0.25, -0.2) is 0 Å². The van der Waals surface area contributed by atoms with Crippen LogP contribution in [0.2, 0.25) is 5.02 Å². The standard InChI is InChI=1S/C11H11BrClNO2/c1-2-5-14-10(11(15)16)8-6-7(12)3-4-9(8)13/h2-4,6,10,14H,1,5H2,(H,15,16). The molecule has 5 heteroatoms. The largest absolute Gasteiger partial charge is 0.480 e. The van der Waals surface area contributed by atoms with Gasteiger partial charge in [-0.1, -0.05) is 33.6 Å². The molecule has 0 bridgehead atoms. The number of rotatable bonds is 5. The van der Waals surface area contributed by atoms with Gasteiger partial charge in [0.15, 0.2) is 0 Å².